The van der Waals surface area contributed by atoms with Crippen LogP contribution in [0.1, 0.15) is 10.5 Å². The lowest BCUT2D eigenvalue weighted by atomic mass is 10.3. The molecule has 2 heterocycles. The average Bonchev–Trinajstić information content (AvgIpc) is 2.49. The molecule has 60 valence electrons. The summed E-state index contributed by atoms with van der Waals surface area (Å²) in [6.45, 7) is 0. The van der Waals surface area contributed by atoms with Crippen LogP contribution in [0.2, 0.25) is 0 Å². The second-order valence-electron chi connectivity index (χ2n) is 2.24. The number of rotatable bonds is 1. The molecule has 0 atom stereocenters. The molecule has 0 aliphatic rings. The van der Waals surface area contributed by atoms with Gasteiger partial charge >= 0.3 is 0 Å². The lowest BCUT2D eigenvalue weighted by Gasteiger charge is -1.92. The monoisotopic (exact) mass is 163 g/mol. The van der Waals surface area contributed by atoms with Gasteiger partial charge in [0, 0.05) is 6.20 Å². The summed E-state index contributed by atoms with van der Waals surface area (Å²) >= 11 is 0. The number of hydrogen-bond acceptors (Lipinski definition) is 4. The average molecular weight is 163 g/mol. The van der Waals surface area contributed by atoms with Gasteiger partial charge in [-0.3, -0.25) is 4.79 Å². The van der Waals surface area contributed by atoms with Crippen molar-refractivity contribution in [3.05, 3.63) is 18.0 Å². The van der Waals surface area contributed by atoms with Gasteiger partial charge in [-0.25, -0.2) is 0 Å². The van der Waals surface area contributed by atoms with Crippen molar-refractivity contribution in [1.29, 1.82) is 0 Å². The van der Waals surface area contributed by atoms with E-state index in [0.717, 1.165) is 0 Å². The second kappa shape index (κ2) is 2.26. The molecule has 0 saturated carbocycles. The van der Waals surface area contributed by atoms with E-state index in [1.54, 1.807) is 12.3 Å². The van der Waals surface area contributed by atoms with Crippen molar-refractivity contribution in [2.45, 2.75) is 0 Å². The fraction of sp³-hybridized carbons (Fsp3) is 0. The molecule has 6 nitrogen and oxygen atoms in total. The number of aromatic amines is 1. The molecule has 2 aromatic rings. The molecule has 3 N–H and O–H groups in total. The van der Waals surface area contributed by atoms with Gasteiger partial charge in [-0.1, -0.05) is 0 Å². The van der Waals surface area contributed by atoms with Crippen molar-refractivity contribution < 1.29 is 4.79 Å². The van der Waals surface area contributed by atoms with Crippen LogP contribution in [0.15, 0.2) is 12.3 Å². The summed E-state index contributed by atoms with van der Waals surface area (Å²) in [4.78, 5) is 13.6. The van der Waals surface area contributed by atoms with Gasteiger partial charge in [-0.05, 0) is 11.3 Å². The van der Waals surface area contributed by atoms with E-state index in [4.69, 9.17) is 5.73 Å². The van der Waals surface area contributed by atoms with E-state index in [-0.39, 0.29) is 5.69 Å². The van der Waals surface area contributed by atoms with E-state index in [0.29, 0.717) is 11.0 Å². The predicted octanol–water partition coefficient (Wildman–Crippen LogP) is -0.548. The van der Waals surface area contributed by atoms with Crippen LogP contribution in [-0.2, 0) is 0 Å². The van der Waals surface area contributed by atoms with E-state index in [2.05, 4.69) is 20.4 Å². The molecule has 0 saturated heterocycles. The topological polar surface area (TPSA) is 97.6 Å². The lowest BCUT2D eigenvalue weighted by Crippen LogP contribution is -2.14. The normalized spacial score (nSPS) is 10.3. The van der Waals surface area contributed by atoms with Gasteiger partial charge in [-0.2, -0.15) is 0 Å². The summed E-state index contributed by atoms with van der Waals surface area (Å²) in [5, 5.41) is 10.6. The van der Waals surface area contributed by atoms with Crippen molar-refractivity contribution in [1.82, 2.24) is 20.4 Å². The Balaban J connectivity index is 2.82. The van der Waals surface area contributed by atoms with Crippen molar-refractivity contribution in [2.24, 2.45) is 5.73 Å². The highest BCUT2D eigenvalue weighted by molar-refractivity contribution is 6.01. The zero-order valence-electron chi connectivity index (χ0n) is 5.98. The first kappa shape index (κ1) is 6.71. The van der Waals surface area contributed by atoms with Gasteiger partial charge in [0.1, 0.15) is 5.52 Å². The van der Waals surface area contributed by atoms with Gasteiger partial charge < -0.3 is 10.7 Å². The molecule has 0 unspecified atom stereocenters. The minimum Gasteiger partial charge on any atom is -0.364 e. The molecule has 6 heteroatoms. The Morgan fingerprint density at radius 1 is 1.50 bits per heavy atom. The molecule has 1 amide bonds. The van der Waals surface area contributed by atoms with Gasteiger partial charge in [0.25, 0.3) is 5.91 Å². The zero-order chi connectivity index (χ0) is 8.55. The number of carbonyl (C=O) groups excluding carboxylic acids is 1. The Morgan fingerprint density at radius 3 is 3.08 bits per heavy atom. The summed E-state index contributed by atoms with van der Waals surface area (Å²) in [6.07, 6.45) is 1.65. The van der Waals surface area contributed by atoms with Crippen molar-refractivity contribution in [3.8, 4) is 0 Å². The number of H-pyrrole nitrogens is 1. The highest BCUT2D eigenvalue weighted by atomic mass is 16.1. The smallest absolute Gasteiger partial charge is 0.271 e. The minimum absolute atomic E-state index is 0.116. The molecule has 2 aromatic heterocycles. The summed E-state index contributed by atoms with van der Waals surface area (Å²) < 4.78 is 0. The van der Waals surface area contributed by atoms with Crippen LogP contribution in [0.5, 0.6) is 0 Å². The highest BCUT2D eigenvalue weighted by Crippen LogP contribution is 2.09. The zero-order valence-corrected chi connectivity index (χ0v) is 5.98. The predicted molar refractivity (Wildman–Crippen MR) is 40.2 cm³/mol. The molecule has 0 aromatic carbocycles. The molecule has 0 radical (unpaired) electrons. The van der Waals surface area contributed by atoms with Crippen LogP contribution < -0.4 is 5.73 Å². The van der Waals surface area contributed by atoms with Gasteiger partial charge in [-0.15, -0.1) is 10.2 Å². The molecule has 0 bridgehead atoms. The van der Waals surface area contributed by atoms with Crippen LogP contribution in [-0.4, -0.2) is 26.3 Å². The molecule has 0 aliphatic heterocycles. The Labute approximate surface area is 66.8 Å². The standard InChI is InChI=1S/C6H5N5O/c7-6(12)5-4-3(1-2-8-4)9-11-10-5/h1-2,8H,(H2,7,12). The quantitative estimate of drug-likeness (QED) is 0.589. The molecule has 12 heavy (non-hydrogen) atoms. The number of hydrogen-bond donors (Lipinski definition) is 2. The van der Waals surface area contributed by atoms with Crippen molar-refractivity contribution in [3.63, 3.8) is 0 Å². The largest absolute Gasteiger partial charge is 0.364 e. The van der Waals surface area contributed by atoms with Crippen LogP contribution in [0.3, 0.4) is 0 Å². The Kier molecular flexibility index (Phi) is 1.26. The fourth-order valence-electron chi connectivity index (χ4n) is 0.972. The number of nitrogens with one attached hydrogen (secondary N) is 1. The molecular weight excluding hydrogens is 158 g/mol. The summed E-state index contributed by atoms with van der Waals surface area (Å²) in [5.74, 6) is -0.614. The van der Waals surface area contributed by atoms with Gasteiger partial charge in [0.2, 0.25) is 0 Å². The number of carbonyl (C=O) groups is 1. The van der Waals surface area contributed by atoms with Crippen LogP contribution >= 0.6 is 0 Å². The molecular formula is C6H5N5O. The highest BCUT2D eigenvalue weighted by Gasteiger charge is 2.09. The first-order chi connectivity index (χ1) is 5.79. The SMILES string of the molecule is NC(=O)c1nnnc2cc[nH]c12. The van der Waals surface area contributed by atoms with E-state index < -0.39 is 5.91 Å². The molecule has 0 fully saturated rings. The lowest BCUT2D eigenvalue weighted by molar-refractivity contribution is 0.0996. The van der Waals surface area contributed by atoms with E-state index in [1.807, 2.05) is 0 Å². The van der Waals surface area contributed by atoms with Gasteiger partial charge in [0.15, 0.2) is 5.69 Å². The minimum atomic E-state index is -0.614. The first-order valence-electron chi connectivity index (χ1n) is 3.25. The number of primary amides is 1. The summed E-state index contributed by atoms with van der Waals surface area (Å²) in [7, 11) is 0. The number of amides is 1. The number of aromatic nitrogens is 4. The second-order valence-corrected chi connectivity index (χ2v) is 2.24. The Hall–Kier alpha value is -1.98. The maximum atomic E-state index is 10.8. The van der Waals surface area contributed by atoms with E-state index >= 15 is 0 Å². The first-order valence-corrected chi connectivity index (χ1v) is 3.25. The third-order valence-corrected chi connectivity index (χ3v) is 1.49. The Morgan fingerprint density at radius 2 is 2.33 bits per heavy atom. The van der Waals surface area contributed by atoms with Crippen molar-refractivity contribution >= 4 is 16.9 Å². The van der Waals surface area contributed by atoms with Crippen LogP contribution in [0, 0.1) is 0 Å². The van der Waals surface area contributed by atoms with Crippen LogP contribution in [0.25, 0.3) is 11.0 Å². The van der Waals surface area contributed by atoms with Crippen molar-refractivity contribution in [2.75, 3.05) is 0 Å². The fourth-order valence-corrected chi connectivity index (χ4v) is 0.972. The van der Waals surface area contributed by atoms with Gasteiger partial charge in [0.05, 0.1) is 5.52 Å². The third kappa shape index (κ3) is 0.815. The van der Waals surface area contributed by atoms with E-state index in [1.165, 1.54) is 0 Å². The van der Waals surface area contributed by atoms with E-state index in [9.17, 15) is 4.79 Å². The maximum absolute atomic E-state index is 10.8. The number of nitrogens with zero attached hydrogens (tertiary/aromatic N) is 3. The molecule has 2 rings (SSSR count). The summed E-state index contributed by atoms with van der Waals surface area (Å²) in [6, 6.07) is 1.69. The third-order valence-electron chi connectivity index (χ3n) is 1.49. The molecule has 0 aliphatic carbocycles. The van der Waals surface area contributed by atoms with Crippen LogP contribution in [0.4, 0.5) is 0 Å². The maximum Gasteiger partial charge on any atom is 0.271 e. The number of fused-ring (bicyclic) bond motifs is 1. The summed E-state index contributed by atoms with van der Waals surface area (Å²) in [5.41, 5.74) is 6.27. The number of nitrogens with two attached hydrogens (primary N) is 1. The molecule has 0 spiro atoms. The Bertz CT molecular complexity index is 434.